The number of nitrogens with zero attached hydrogens (tertiary/aromatic N) is 1. The van der Waals surface area contributed by atoms with Crippen molar-refractivity contribution in [2.45, 2.75) is 59.2 Å². The van der Waals surface area contributed by atoms with Crippen molar-refractivity contribution in [3.05, 3.63) is 35.4 Å². The van der Waals surface area contributed by atoms with E-state index in [4.69, 9.17) is 5.73 Å². The molecule has 0 radical (unpaired) electrons. The molecular formula is C16H28N2. The minimum absolute atomic E-state index is 0.0829. The highest BCUT2D eigenvalue weighted by Gasteiger charge is 2.23. The van der Waals surface area contributed by atoms with Crippen LogP contribution in [-0.2, 0) is 0 Å². The Kier molecular flexibility index (Phi) is 5.83. The van der Waals surface area contributed by atoms with Gasteiger partial charge in [-0.25, -0.2) is 0 Å². The Labute approximate surface area is 112 Å². The monoisotopic (exact) mass is 248 g/mol. The summed E-state index contributed by atoms with van der Waals surface area (Å²) in [7, 11) is 0. The Balaban J connectivity index is 2.81. The van der Waals surface area contributed by atoms with E-state index < -0.39 is 0 Å². The van der Waals surface area contributed by atoms with Crippen LogP contribution in [0.5, 0.6) is 0 Å². The lowest BCUT2D eigenvalue weighted by molar-refractivity contribution is 0.139. The molecule has 0 heterocycles. The first-order valence-electron chi connectivity index (χ1n) is 7.09. The zero-order chi connectivity index (χ0) is 13.7. The van der Waals surface area contributed by atoms with Gasteiger partial charge in [0.2, 0.25) is 0 Å². The highest BCUT2D eigenvalue weighted by atomic mass is 15.2. The van der Waals surface area contributed by atoms with Gasteiger partial charge in [-0.2, -0.15) is 0 Å². The van der Waals surface area contributed by atoms with Crippen LogP contribution in [0.3, 0.4) is 0 Å². The molecule has 0 fully saturated rings. The average molecular weight is 248 g/mol. The number of benzene rings is 1. The summed E-state index contributed by atoms with van der Waals surface area (Å²) in [5.74, 6) is 0. The number of nitrogens with two attached hydrogens (primary N) is 1. The number of likely N-dealkylation sites (N-methyl/N-ethyl adjacent to an activating group) is 1. The highest BCUT2D eigenvalue weighted by Crippen LogP contribution is 2.21. The third-order valence-electron chi connectivity index (χ3n) is 4.03. The van der Waals surface area contributed by atoms with E-state index in [9.17, 15) is 0 Å². The Bertz CT molecular complexity index is 345. The van der Waals surface area contributed by atoms with Gasteiger partial charge in [0, 0.05) is 18.1 Å². The van der Waals surface area contributed by atoms with Crippen molar-refractivity contribution >= 4 is 0 Å². The Hall–Kier alpha value is -0.860. The topological polar surface area (TPSA) is 29.3 Å². The minimum atomic E-state index is 0.0829. The van der Waals surface area contributed by atoms with Crippen LogP contribution in [0.2, 0.25) is 0 Å². The van der Waals surface area contributed by atoms with E-state index in [0.717, 1.165) is 6.54 Å². The largest absolute Gasteiger partial charge is 0.323 e. The molecule has 1 aromatic carbocycles. The fourth-order valence-electron chi connectivity index (χ4n) is 2.51. The van der Waals surface area contributed by atoms with Crippen LogP contribution >= 0.6 is 0 Å². The zero-order valence-corrected chi connectivity index (χ0v) is 12.5. The van der Waals surface area contributed by atoms with Crippen LogP contribution in [0, 0.1) is 6.92 Å². The predicted molar refractivity (Wildman–Crippen MR) is 79.7 cm³/mol. The quantitative estimate of drug-likeness (QED) is 0.835. The number of aryl methyl sites for hydroxylation is 1. The van der Waals surface area contributed by atoms with E-state index >= 15 is 0 Å². The van der Waals surface area contributed by atoms with Crippen LogP contribution in [0.4, 0.5) is 0 Å². The summed E-state index contributed by atoms with van der Waals surface area (Å²) >= 11 is 0. The Morgan fingerprint density at radius 2 is 1.67 bits per heavy atom. The number of hydrogen-bond donors (Lipinski definition) is 1. The van der Waals surface area contributed by atoms with Crippen molar-refractivity contribution in [3.8, 4) is 0 Å². The summed E-state index contributed by atoms with van der Waals surface area (Å²) in [5, 5.41) is 0. The van der Waals surface area contributed by atoms with E-state index in [-0.39, 0.29) is 6.04 Å². The lowest BCUT2D eigenvalue weighted by atomic mass is 9.98. The summed E-state index contributed by atoms with van der Waals surface area (Å²) in [6, 6.07) is 9.62. The van der Waals surface area contributed by atoms with Crippen molar-refractivity contribution < 1.29 is 0 Å². The third kappa shape index (κ3) is 3.56. The second-order valence-electron chi connectivity index (χ2n) is 5.26. The molecule has 0 saturated carbocycles. The Morgan fingerprint density at radius 1 is 1.11 bits per heavy atom. The van der Waals surface area contributed by atoms with E-state index in [1.54, 1.807) is 0 Å². The maximum Gasteiger partial charge on any atom is 0.0450 e. The van der Waals surface area contributed by atoms with Crippen molar-refractivity contribution in [1.82, 2.24) is 4.90 Å². The molecular weight excluding hydrogens is 220 g/mol. The molecule has 2 nitrogen and oxygen atoms in total. The summed E-state index contributed by atoms with van der Waals surface area (Å²) in [5.41, 5.74) is 8.93. The first-order valence-corrected chi connectivity index (χ1v) is 7.09. The first-order chi connectivity index (χ1) is 8.51. The van der Waals surface area contributed by atoms with Gasteiger partial charge in [0.15, 0.2) is 0 Å². The molecule has 0 saturated heterocycles. The lowest BCUT2D eigenvalue weighted by Crippen LogP contribution is -2.45. The van der Waals surface area contributed by atoms with Gasteiger partial charge in [-0.15, -0.1) is 0 Å². The van der Waals surface area contributed by atoms with Crippen LogP contribution < -0.4 is 5.73 Å². The molecule has 0 spiro atoms. The molecule has 0 aliphatic rings. The summed E-state index contributed by atoms with van der Waals surface area (Å²) < 4.78 is 0. The normalized spacial score (nSPS) is 16.6. The second-order valence-corrected chi connectivity index (χ2v) is 5.26. The second kappa shape index (κ2) is 6.91. The summed E-state index contributed by atoms with van der Waals surface area (Å²) in [4.78, 5) is 2.49. The summed E-state index contributed by atoms with van der Waals surface area (Å²) in [6.07, 6.45) is 1.17. The standard InChI is InChI=1S/C16H28N2/c1-6-13(4)18(7-2)14(5)16(17)15-10-8-12(3)9-11-15/h8-11,13-14,16H,6-7,17H2,1-5H3. The maximum absolute atomic E-state index is 6.42. The molecule has 2 N–H and O–H groups in total. The van der Waals surface area contributed by atoms with Gasteiger partial charge in [-0.3, -0.25) is 4.90 Å². The van der Waals surface area contributed by atoms with E-state index in [0.29, 0.717) is 12.1 Å². The summed E-state index contributed by atoms with van der Waals surface area (Å²) in [6.45, 7) is 12.1. The van der Waals surface area contributed by atoms with Gasteiger partial charge in [-0.05, 0) is 39.3 Å². The lowest BCUT2D eigenvalue weighted by Gasteiger charge is -2.36. The fourth-order valence-corrected chi connectivity index (χ4v) is 2.51. The molecule has 18 heavy (non-hydrogen) atoms. The van der Waals surface area contributed by atoms with Crippen molar-refractivity contribution in [2.24, 2.45) is 5.73 Å². The number of hydrogen-bond acceptors (Lipinski definition) is 2. The van der Waals surface area contributed by atoms with Crippen molar-refractivity contribution in [2.75, 3.05) is 6.54 Å². The van der Waals surface area contributed by atoms with Gasteiger partial charge >= 0.3 is 0 Å². The molecule has 102 valence electrons. The molecule has 0 aromatic heterocycles. The zero-order valence-electron chi connectivity index (χ0n) is 12.5. The van der Waals surface area contributed by atoms with Crippen molar-refractivity contribution in [3.63, 3.8) is 0 Å². The average Bonchev–Trinajstić information content (AvgIpc) is 2.39. The third-order valence-corrected chi connectivity index (χ3v) is 4.03. The van der Waals surface area contributed by atoms with Gasteiger partial charge < -0.3 is 5.73 Å². The molecule has 2 heteroatoms. The molecule has 3 unspecified atom stereocenters. The molecule has 0 aliphatic heterocycles. The van der Waals surface area contributed by atoms with E-state index in [1.807, 2.05) is 0 Å². The van der Waals surface area contributed by atoms with Gasteiger partial charge in [0.05, 0.1) is 0 Å². The predicted octanol–water partition coefficient (Wildman–Crippen LogP) is 3.50. The maximum atomic E-state index is 6.42. The SMILES string of the molecule is CCC(C)N(CC)C(C)C(N)c1ccc(C)cc1. The molecule has 1 aromatic rings. The highest BCUT2D eigenvalue weighted by molar-refractivity contribution is 5.24. The molecule has 3 atom stereocenters. The van der Waals surface area contributed by atoms with E-state index in [1.165, 1.54) is 17.5 Å². The van der Waals surface area contributed by atoms with Crippen LogP contribution in [0.25, 0.3) is 0 Å². The minimum Gasteiger partial charge on any atom is -0.323 e. The number of rotatable bonds is 6. The smallest absolute Gasteiger partial charge is 0.0450 e. The molecule has 0 bridgehead atoms. The van der Waals surface area contributed by atoms with Crippen LogP contribution in [0.1, 0.15) is 51.3 Å². The molecule has 0 amide bonds. The van der Waals surface area contributed by atoms with Gasteiger partial charge in [-0.1, -0.05) is 43.7 Å². The van der Waals surface area contributed by atoms with Gasteiger partial charge in [0.25, 0.3) is 0 Å². The molecule has 0 aliphatic carbocycles. The molecule has 1 rings (SSSR count). The Morgan fingerprint density at radius 3 is 2.11 bits per heavy atom. The van der Waals surface area contributed by atoms with Crippen LogP contribution in [0.15, 0.2) is 24.3 Å². The van der Waals surface area contributed by atoms with Crippen molar-refractivity contribution in [1.29, 1.82) is 0 Å². The van der Waals surface area contributed by atoms with E-state index in [2.05, 4.69) is 63.8 Å². The first kappa shape index (κ1) is 15.2. The van der Waals surface area contributed by atoms with Crippen LogP contribution in [-0.4, -0.2) is 23.5 Å². The fraction of sp³-hybridized carbons (Fsp3) is 0.625. The van der Waals surface area contributed by atoms with Gasteiger partial charge in [0.1, 0.15) is 0 Å².